The molecule has 1 amide bonds. The second-order valence-corrected chi connectivity index (χ2v) is 9.30. The lowest BCUT2D eigenvalue weighted by molar-refractivity contribution is -0.117. The van der Waals surface area contributed by atoms with Crippen molar-refractivity contribution < 1.29 is 19.1 Å². The van der Waals surface area contributed by atoms with Crippen molar-refractivity contribution in [2.45, 2.75) is 19.9 Å². The minimum atomic E-state index is -0.827. The smallest absolute Gasteiger partial charge is 0.294 e. The Morgan fingerprint density at radius 2 is 1.69 bits per heavy atom. The van der Waals surface area contributed by atoms with Gasteiger partial charge in [-0.2, -0.15) is 0 Å². The van der Waals surface area contributed by atoms with E-state index in [9.17, 15) is 14.7 Å². The Morgan fingerprint density at radius 1 is 0.944 bits per heavy atom. The third-order valence-electron chi connectivity index (χ3n) is 7.09. The zero-order valence-electron chi connectivity index (χ0n) is 20.1. The van der Waals surface area contributed by atoms with Crippen LogP contribution in [0.1, 0.15) is 33.3 Å². The molecule has 3 heterocycles. The van der Waals surface area contributed by atoms with Crippen LogP contribution >= 0.6 is 0 Å². The average molecular weight is 477 g/mol. The molecule has 0 spiro atoms. The molecule has 5 aromatic rings. The van der Waals surface area contributed by atoms with E-state index < -0.39 is 23.5 Å². The third kappa shape index (κ3) is 3.18. The van der Waals surface area contributed by atoms with Crippen LogP contribution in [0.15, 0.2) is 94.7 Å². The van der Waals surface area contributed by atoms with Crippen LogP contribution in [0.5, 0.6) is 0 Å². The Bertz CT molecular complexity index is 1700. The first-order valence-corrected chi connectivity index (χ1v) is 11.8. The molecule has 0 saturated heterocycles. The van der Waals surface area contributed by atoms with Crippen molar-refractivity contribution >= 4 is 39.2 Å². The SMILES string of the molecule is Cc1ccc(N2C(=O)C(O)=C(C(=O)c3cc4ccccc4o3)C2c2cn(C)c3ccccc23)cc1C. The van der Waals surface area contributed by atoms with E-state index in [1.54, 1.807) is 12.1 Å². The predicted molar refractivity (Wildman–Crippen MR) is 139 cm³/mol. The molecule has 6 rings (SSSR count). The first kappa shape index (κ1) is 21.9. The van der Waals surface area contributed by atoms with Crippen LogP contribution in [0.3, 0.4) is 0 Å². The zero-order valence-corrected chi connectivity index (χ0v) is 20.1. The number of fused-ring (bicyclic) bond motifs is 2. The molecule has 1 atom stereocenters. The summed E-state index contributed by atoms with van der Waals surface area (Å²) in [6, 6.07) is 21.7. The topological polar surface area (TPSA) is 75.7 Å². The number of rotatable bonds is 4. The molecule has 0 fully saturated rings. The number of aliphatic hydroxyl groups is 1. The molecule has 0 radical (unpaired) electrons. The van der Waals surface area contributed by atoms with Crippen LogP contribution in [0.25, 0.3) is 21.9 Å². The maximum absolute atomic E-state index is 13.9. The van der Waals surface area contributed by atoms with E-state index in [-0.39, 0.29) is 11.3 Å². The average Bonchev–Trinajstić information content (AvgIpc) is 3.53. The van der Waals surface area contributed by atoms with E-state index in [1.165, 1.54) is 4.90 Å². The lowest BCUT2D eigenvalue weighted by Gasteiger charge is -2.27. The molecular formula is C30H24N2O4. The molecule has 1 aliphatic rings. The van der Waals surface area contributed by atoms with Crippen molar-refractivity contribution in [3.8, 4) is 0 Å². The molecule has 1 unspecified atom stereocenters. The number of furan rings is 1. The van der Waals surface area contributed by atoms with Gasteiger partial charge in [0.15, 0.2) is 11.5 Å². The minimum Gasteiger partial charge on any atom is -0.503 e. The van der Waals surface area contributed by atoms with E-state index in [1.807, 2.05) is 92.3 Å². The summed E-state index contributed by atoms with van der Waals surface area (Å²) in [5.41, 5.74) is 4.99. The molecular weight excluding hydrogens is 452 g/mol. The number of Topliss-reactive ketones (excluding diaryl/α,β-unsaturated/α-hetero) is 1. The van der Waals surface area contributed by atoms with Crippen LogP contribution in [0.4, 0.5) is 5.69 Å². The molecule has 2 aromatic heterocycles. The number of carbonyl (C=O) groups excluding carboxylic acids is 2. The Morgan fingerprint density at radius 3 is 2.47 bits per heavy atom. The molecule has 1 aliphatic heterocycles. The first-order chi connectivity index (χ1) is 17.3. The fraction of sp³-hybridized carbons (Fsp3) is 0.133. The van der Waals surface area contributed by atoms with E-state index in [2.05, 4.69) is 0 Å². The van der Waals surface area contributed by atoms with E-state index >= 15 is 0 Å². The van der Waals surface area contributed by atoms with E-state index in [0.717, 1.165) is 33.0 Å². The van der Waals surface area contributed by atoms with Crippen LogP contribution in [-0.2, 0) is 11.8 Å². The lowest BCUT2D eigenvalue weighted by Crippen LogP contribution is -2.31. The lowest BCUT2D eigenvalue weighted by atomic mass is 9.94. The van der Waals surface area contributed by atoms with Crippen molar-refractivity contribution in [3.05, 3.63) is 113 Å². The Labute approximate surface area is 207 Å². The second-order valence-electron chi connectivity index (χ2n) is 9.30. The normalized spacial score (nSPS) is 16.0. The molecule has 178 valence electrons. The van der Waals surface area contributed by atoms with Gasteiger partial charge in [0.25, 0.3) is 5.91 Å². The number of carbonyl (C=O) groups is 2. The van der Waals surface area contributed by atoms with Gasteiger partial charge in [-0.15, -0.1) is 0 Å². The number of aromatic nitrogens is 1. The molecule has 1 N–H and O–H groups in total. The minimum absolute atomic E-state index is 0.00800. The van der Waals surface area contributed by atoms with Gasteiger partial charge in [0.05, 0.1) is 11.6 Å². The number of nitrogens with zero attached hydrogens (tertiary/aromatic N) is 2. The van der Waals surface area contributed by atoms with Crippen molar-refractivity contribution in [2.24, 2.45) is 7.05 Å². The van der Waals surface area contributed by atoms with Crippen molar-refractivity contribution in [1.82, 2.24) is 4.57 Å². The van der Waals surface area contributed by atoms with Gasteiger partial charge >= 0.3 is 0 Å². The number of benzene rings is 3. The molecule has 0 bridgehead atoms. The summed E-state index contributed by atoms with van der Waals surface area (Å²) in [5.74, 6) is -1.61. The summed E-state index contributed by atoms with van der Waals surface area (Å²) in [5, 5.41) is 12.8. The fourth-order valence-corrected chi connectivity index (χ4v) is 5.09. The highest BCUT2D eigenvalue weighted by molar-refractivity contribution is 6.21. The van der Waals surface area contributed by atoms with Gasteiger partial charge in [-0.1, -0.05) is 42.5 Å². The highest BCUT2D eigenvalue weighted by Gasteiger charge is 2.46. The van der Waals surface area contributed by atoms with Gasteiger partial charge in [-0.05, 0) is 55.3 Å². The molecule has 6 heteroatoms. The number of hydrogen-bond donors (Lipinski definition) is 1. The van der Waals surface area contributed by atoms with Gasteiger partial charge in [-0.3, -0.25) is 14.5 Å². The van der Waals surface area contributed by atoms with Crippen LogP contribution in [0.2, 0.25) is 0 Å². The summed E-state index contributed by atoms with van der Waals surface area (Å²) < 4.78 is 7.81. The first-order valence-electron chi connectivity index (χ1n) is 11.8. The summed E-state index contributed by atoms with van der Waals surface area (Å²) in [6.45, 7) is 3.97. The van der Waals surface area contributed by atoms with Gasteiger partial charge in [0.1, 0.15) is 5.58 Å². The molecule has 0 aliphatic carbocycles. The number of aryl methyl sites for hydroxylation is 3. The summed E-state index contributed by atoms with van der Waals surface area (Å²) >= 11 is 0. The second kappa shape index (κ2) is 7.99. The molecule has 0 saturated carbocycles. The van der Waals surface area contributed by atoms with Crippen LogP contribution in [0, 0.1) is 13.8 Å². The Hall–Kier alpha value is -4.58. The largest absolute Gasteiger partial charge is 0.503 e. The number of para-hydroxylation sites is 2. The quantitative estimate of drug-likeness (QED) is 0.308. The summed E-state index contributed by atoms with van der Waals surface area (Å²) in [6.07, 6.45) is 1.92. The van der Waals surface area contributed by atoms with Crippen molar-refractivity contribution in [2.75, 3.05) is 4.90 Å². The zero-order chi connectivity index (χ0) is 25.1. The Balaban J connectivity index is 1.58. The van der Waals surface area contributed by atoms with Gasteiger partial charge < -0.3 is 14.1 Å². The van der Waals surface area contributed by atoms with Crippen molar-refractivity contribution in [1.29, 1.82) is 0 Å². The fourth-order valence-electron chi connectivity index (χ4n) is 5.09. The van der Waals surface area contributed by atoms with Crippen LogP contribution < -0.4 is 4.90 Å². The third-order valence-corrected chi connectivity index (χ3v) is 7.09. The van der Waals surface area contributed by atoms with Gasteiger partial charge in [0, 0.05) is 40.8 Å². The predicted octanol–water partition coefficient (Wildman–Crippen LogP) is 6.32. The van der Waals surface area contributed by atoms with Crippen LogP contribution in [-0.4, -0.2) is 21.4 Å². The van der Waals surface area contributed by atoms with Gasteiger partial charge in [-0.25, -0.2) is 0 Å². The maximum atomic E-state index is 13.9. The summed E-state index contributed by atoms with van der Waals surface area (Å²) in [4.78, 5) is 29.0. The monoisotopic (exact) mass is 476 g/mol. The van der Waals surface area contributed by atoms with E-state index in [4.69, 9.17) is 4.42 Å². The van der Waals surface area contributed by atoms with Gasteiger partial charge in [0.2, 0.25) is 5.78 Å². The highest BCUT2D eigenvalue weighted by Crippen LogP contribution is 2.45. The maximum Gasteiger partial charge on any atom is 0.294 e. The molecule has 6 nitrogen and oxygen atoms in total. The molecule has 36 heavy (non-hydrogen) atoms. The molecule has 3 aromatic carbocycles. The highest BCUT2D eigenvalue weighted by atomic mass is 16.3. The number of amides is 1. The standard InChI is InChI=1S/C30H24N2O4/c1-17-12-13-20(14-18(17)2)32-27(22-16-31(3)23-10-6-5-9-21(22)23)26(29(34)30(32)35)28(33)25-15-19-8-4-7-11-24(19)36-25/h4-16,27,34H,1-3H3. The summed E-state index contributed by atoms with van der Waals surface area (Å²) in [7, 11) is 1.92. The number of aliphatic hydroxyl groups excluding tert-OH is 1. The Kier molecular flexibility index (Phi) is 4.86. The van der Waals surface area contributed by atoms with E-state index in [0.29, 0.717) is 11.3 Å². The number of anilines is 1. The van der Waals surface area contributed by atoms with Crippen molar-refractivity contribution in [3.63, 3.8) is 0 Å². The number of hydrogen-bond acceptors (Lipinski definition) is 4. The number of ketones is 1.